The minimum Gasteiger partial charge on any atom is -0.480 e. The number of urea groups is 1. The third-order valence-electron chi connectivity index (χ3n) is 2.94. The molecule has 2 amide bonds. The zero-order chi connectivity index (χ0) is 14.5. The molecule has 0 saturated heterocycles. The topological polar surface area (TPSA) is 91.3 Å². The van der Waals surface area contributed by atoms with Gasteiger partial charge in [0.05, 0.1) is 5.69 Å². The zero-order valence-electron chi connectivity index (χ0n) is 11.0. The minimum absolute atomic E-state index is 0.319. The Bertz CT molecular complexity index is 637. The molecule has 1 heterocycles. The highest BCUT2D eigenvalue weighted by Crippen LogP contribution is 2.21. The van der Waals surface area contributed by atoms with E-state index in [0.29, 0.717) is 12.1 Å². The van der Waals surface area contributed by atoms with Crippen molar-refractivity contribution in [3.05, 3.63) is 36.7 Å². The van der Waals surface area contributed by atoms with E-state index in [0.717, 1.165) is 10.8 Å². The van der Waals surface area contributed by atoms with Gasteiger partial charge in [-0.2, -0.15) is 0 Å². The molecule has 0 aliphatic carbocycles. The number of carboxylic acid groups (broad SMARTS) is 1. The summed E-state index contributed by atoms with van der Waals surface area (Å²) in [4.78, 5) is 26.7. The minimum atomic E-state index is -1.05. The monoisotopic (exact) mass is 273 g/mol. The Morgan fingerprint density at radius 2 is 2.15 bits per heavy atom. The molecule has 2 rings (SSSR count). The first-order chi connectivity index (χ1) is 9.61. The summed E-state index contributed by atoms with van der Waals surface area (Å²) in [6.07, 6.45) is 3.64. The summed E-state index contributed by atoms with van der Waals surface area (Å²) in [6, 6.07) is 5.85. The van der Waals surface area contributed by atoms with Crippen LogP contribution in [0.2, 0.25) is 0 Å². The van der Waals surface area contributed by atoms with Crippen molar-refractivity contribution in [3.8, 4) is 0 Å². The van der Waals surface area contributed by atoms with Gasteiger partial charge in [-0.25, -0.2) is 9.59 Å². The van der Waals surface area contributed by atoms with Gasteiger partial charge in [-0.1, -0.05) is 19.1 Å². The number of rotatable bonds is 4. The number of carbonyl (C=O) groups is 2. The Labute approximate surface area is 115 Å². The van der Waals surface area contributed by atoms with Crippen molar-refractivity contribution in [2.45, 2.75) is 19.4 Å². The van der Waals surface area contributed by atoms with Crippen LogP contribution in [0.1, 0.15) is 13.3 Å². The summed E-state index contributed by atoms with van der Waals surface area (Å²) in [5, 5.41) is 15.7. The molecule has 20 heavy (non-hydrogen) atoms. The smallest absolute Gasteiger partial charge is 0.326 e. The number of hydrogen-bond donors (Lipinski definition) is 3. The van der Waals surface area contributed by atoms with Gasteiger partial charge in [0.15, 0.2) is 0 Å². The summed E-state index contributed by atoms with van der Waals surface area (Å²) >= 11 is 0. The molecule has 3 N–H and O–H groups in total. The molecule has 1 atom stereocenters. The fraction of sp³-hybridized carbons (Fsp3) is 0.214. The molecule has 1 aromatic heterocycles. The Balaban J connectivity index is 2.16. The fourth-order valence-corrected chi connectivity index (χ4v) is 1.88. The summed E-state index contributed by atoms with van der Waals surface area (Å²) in [5.74, 6) is -1.05. The van der Waals surface area contributed by atoms with Crippen molar-refractivity contribution < 1.29 is 14.7 Å². The largest absolute Gasteiger partial charge is 0.480 e. The summed E-state index contributed by atoms with van der Waals surface area (Å²) < 4.78 is 0. The van der Waals surface area contributed by atoms with Crippen molar-refractivity contribution in [1.29, 1.82) is 0 Å². The molecule has 0 aliphatic rings. The Morgan fingerprint density at radius 3 is 2.85 bits per heavy atom. The number of nitrogens with one attached hydrogen (secondary N) is 2. The van der Waals surface area contributed by atoms with E-state index in [-0.39, 0.29) is 0 Å². The summed E-state index contributed by atoms with van der Waals surface area (Å²) in [6.45, 7) is 1.70. The second-order valence-electron chi connectivity index (χ2n) is 4.30. The fourth-order valence-electron chi connectivity index (χ4n) is 1.88. The number of anilines is 1. The standard InChI is InChI=1S/C14H15N3O3/c1-2-11(13(18)19)16-14(20)17-12-5-3-4-9-6-7-15-8-10(9)12/h3-8,11H,2H2,1H3,(H,18,19)(H2,16,17,20). The molecule has 0 fully saturated rings. The maximum absolute atomic E-state index is 11.8. The number of carboxylic acids is 1. The van der Waals surface area contributed by atoms with Gasteiger partial charge in [-0.3, -0.25) is 4.98 Å². The van der Waals surface area contributed by atoms with Crippen LogP contribution in [0.3, 0.4) is 0 Å². The Morgan fingerprint density at radius 1 is 1.35 bits per heavy atom. The summed E-state index contributed by atoms with van der Waals surface area (Å²) in [5.41, 5.74) is 0.591. The number of benzene rings is 1. The van der Waals surface area contributed by atoms with E-state index in [4.69, 9.17) is 5.11 Å². The molecule has 0 bridgehead atoms. The van der Waals surface area contributed by atoms with E-state index in [1.807, 2.05) is 18.2 Å². The lowest BCUT2D eigenvalue weighted by atomic mass is 10.1. The van der Waals surface area contributed by atoms with Crippen LogP contribution in [0, 0.1) is 0 Å². The molecular weight excluding hydrogens is 258 g/mol. The van der Waals surface area contributed by atoms with Crippen molar-refractivity contribution in [3.63, 3.8) is 0 Å². The lowest BCUT2D eigenvalue weighted by Crippen LogP contribution is -2.42. The highest BCUT2D eigenvalue weighted by atomic mass is 16.4. The molecule has 0 saturated carbocycles. The van der Waals surface area contributed by atoms with Crippen molar-refractivity contribution in [1.82, 2.24) is 10.3 Å². The highest BCUT2D eigenvalue weighted by molar-refractivity contribution is 6.01. The van der Waals surface area contributed by atoms with Gasteiger partial charge >= 0.3 is 12.0 Å². The molecule has 104 valence electrons. The molecule has 6 nitrogen and oxygen atoms in total. The number of pyridine rings is 1. The summed E-state index contributed by atoms with van der Waals surface area (Å²) in [7, 11) is 0. The maximum atomic E-state index is 11.8. The SMILES string of the molecule is CCC(NC(=O)Nc1cccc2ccncc12)C(=O)O. The number of nitrogens with zero attached hydrogens (tertiary/aromatic N) is 1. The number of fused-ring (bicyclic) bond motifs is 1. The molecule has 0 aliphatic heterocycles. The first kappa shape index (κ1) is 13.8. The van der Waals surface area contributed by atoms with Crippen LogP contribution in [0.15, 0.2) is 36.7 Å². The molecule has 0 spiro atoms. The molecule has 0 radical (unpaired) electrons. The molecule has 6 heteroatoms. The first-order valence-electron chi connectivity index (χ1n) is 6.25. The first-order valence-corrected chi connectivity index (χ1v) is 6.25. The van der Waals surface area contributed by atoms with Gasteiger partial charge in [0.25, 0.3) is 0 Å². The maximum Gasteiger partial charge on any atom is 0.326 e. The van der Waals surface area contributed by atoms with E-state index < -0.39 is 18.0 Å². The van der Waals surface area contributed by atoms with Crippen LogP contribution in [-0.4, -0.2) is 28.1 Å². The van der Waals surface area contributed by atoms with Gasteiger partial charge in [-0.15, -0.1) is 0 Å². The number of carbonyl (C=O) groups excluding carboxylic acids is 1. The second kappa shape index (κ2) is 6.01. The van der Waals surface area contributed by atoms with E-state index in [2.05, 4.69) is 15.6 Å². The highest BCUT2D eigenvalue weighted by Gasteiger charge is 2.17. The van der Waals surface area contributed by atoms with Gasteiger partial charge in [0.2, 0.25) is 0 Å². The van der Waals surface area contributed by atoms with Crippen molar-refractivity contribution >= 4 is 28.5 Å². The third kappa shape index (κ3) is 3.03. The lowest BCUT2D eigenvalue weighted by Gasteiger charge is -2.14. The van der Waals surface area contributed by atoms with Gasteiger partial charge in [-0.05, 0) is 23.9 Å². The van der Waals surface area contributed by atoms with Gasteiger partial charge in [0, 0.05) is 17.8 Å². The van der Waals surface area contributed by atoms with Crippen molar-refractivity contribution in [2.24, 2.45) is 0 Å². The molecule has 2 aromatic rings. The zero-order valence-corrected chi connectivity index (χ0v) is 11.0. The van der Waals surface area contributed by atoms with Crippen LogP contribution in [0.4, 0.5) is 10.5 Å². The lowest BCUT2D eigenvalue weighted by molar-refractivity contribution is -0.139. The van der Waals surface area contributed by atoms with Crippen LogP contribution in [-0.2, 0) is 4.79 Å². The number of amides is 2. The normalized spacial score (nSPS) is 11.8. The van der Waals surface area contributed by atoms with E-state index >= 15 is 0 Å². The van der Waals surface area contributed by atoms with Crippen molar-refractivity contribution in [2.75, 3.05) is 5.32 Å². The molecular formula is C14H15N3O3. The van der Waals surface area contributed by atoms with Crippen LogP contribution < -0.4 is 10.6 Å². The van der Waals surface area contributed by atoms with Crippen LogP contribution in [0.5, 0.6) is 0 Å². The van der Waals surface area contributed by atoms with Crippen LogP contribution in [0.25, 0.3) is 10.8 Å². The average molecular weight is 273 g/mol. The van der Waals surface area contributed by atoms with E-state index in [1.54, 1.807) is 25.4 Å². The van der Waals surface area contributed by atoms with E-state index in [9.17, 15) is 9.59 Å². The van der Waals surface area contributed by atoms with Crippen LogP contribution >= 0.6 is 0 Å². The number of hydrogen-bond acceptors (Lipinski definition) is 3. The second-order valence-corrected chi connectivity index (χ2v) is 4.30. The Hall–Kier alpha value is -2.63. The third-order valence-corrected chi connectivity index (χ3v) is 2.94. The number of aromatic nitrogens is 1. The number of aliphatic carboxylic acids is 1. The Kier molecular flexibility index (Phi) is 4.14. The van der Waals surface area contributed by atoms with E-state index in [1.165, 1.54) is 0 Å². The average Bonchev–Trinajstić information content (AvgIpc) is 2.45. The quantitative estimate of drug-likeness (QED) is 0.796. The predicted octanol–water partition coefficient (Wildman–Crippen LogP) is 2.22. The predicted molar refractivity (Wildman–Crippen MR) is 75.6 cm³/mol. The van der Waals surface area contributed by atoms with Gasteiger partial charge in [0.1, 0.15) is 6.04 Å². The molecule has 1 aromatic carbocycles. The van der Waals surface area contributed by atoms with Gasteiger partial charge < -0.3 is 15.7 Å². The molecule has 1 unspecified atom stereocenters.